The van der Waals surface area contributed by atoms with Gasteiger partial charge in [0.15, 0.2) is 0 Å². The first kappa shape index (κ1) is 12.3. The highest BCUT2D eigenvalue weighted by molar-refractivity contribution is 5.71. The molecule has 0 aliphatic carbocycles. The highest BCUT2D eigenvalue weighted by Gasteiger charge is 2.19. The van der Waals surface area contributed by atoms with E-state index in [1.807, 2.05) is 13.8 Å². The van der Waals surface area contributed by atoms with Crippen molar-refractivity contribution in [3.05, 3.63) is 51.3 Å². The maximum absolute atomic E-state index is 11.0. The number of hydrogen-bond donors (Lipinski definition) is 1. The summed E-state index contributed by atoms with van der Waals surface area (Å²) in [6, 6.07) is 6.50. The molecule has 2 aromatic rings. The Morgan fingerprint density at radius 1 is 1.28 bits per heavy atom. The minimum atomic E-state index is -0.428. The van der Waals surface area contributed by atoms with Gasteiger partial charge in [0.1, 0.15) is 18.1 Å². The highest BCUT2D eigenvalue weighted by atomic mass is 16.6. The molecular formula is C13H13NO4. The van der Waals surface area contributed by atoms with E-state index in [0.29, 0.717) is 17.1 Å². The van der Waals surface area contributed by atoms with Crippen molar-refractivity contribution < 1.29 is 14.4 Å². The third-order valence-electron chi connectivity index (χ3n) is 2.89. The standard InChI is InChI=1S/C13H13NO4/c1-8-5-11(12(14(16)17)6-9(8)2)13-4-3-10(7-15)18-13/h3-6,15H,7H2,1-2H3. The molecule has 0 fully saturated rings. The summed E-state index contributed by atoms with van der Waals surface area (Å²) in [4.78, 5) is 10.6. The SMILES string of the molecule is Cc1cc(-c2ccc(CO)o2)c([N+](=O)[O-])cc1C. The van der Waals surface area contributed by atoms with Crippen LogP contribution in [0.25, 0.3) is 11.3 Å². The number of rotatable bonds is 3. The van der Waals surface area contributed by atoms with Gasteiger partial charge in [-0.3, -0.25) is 10.1 Å². The summed E-state index contributed by atoms with van der Waals surface area (Å²) in [7, 11) is 0. The van der Waals surface area contributed by atoms with Crippen LogP contribution in [0.5, 0.6) is 0 Å². The van der Waals surface area contributed by atoms with Crippen LogP contribution < -0.4 is 0 Å². The Labute approximate surface area is 104 Å². The van der Waals surface area contributed by atoms with E-state index in [2.05, 4.69) is 0 Å². The third-order valence-corrected chi connectivity index (χ3v) is 2.89. The maximum Gasteiger partial charge on any atom is 0.280 e. The molecule has 18 heavy (non-hydrogen) atoms. The summed E-state index contributed by atoms with van der Waals surface area (Å²) in [5.74, 6) is 0.784. The average Bonchev–Trinajstić information content (AvgIpc) is 2.80. The lowest BCUT2D eigenvalue weighted by atomic mass is 10.0. The summed E-state index contributed by atoms with van der Waals surface area (Å²) in [6.07, 6.45) is 0. The molecule has 0 atom stereocenters. The lowest BCUT2D eigenvalue weighted by Crippen LogP contribution is -1.94. The van der Waals surface area contributed by atoms with Crippen LogP contribution in [0.1, 0.15) is 16.9 Å². The van der Waals surface area contributed by atoms with Crippen molar-refractivity contribution in [2.75, 3.05) is 0 Å². The third kappa shape index (κ3) is 2.12. The number of aliphatic hydroxyl groups is 1. The van der Waals surface area contributed by atoms with Gasteiger partial charge in [-0.05, 0) is 43.2 Å². The second-order valence-corrected chi connectivity index (χ2v) is 4.13. The zero-order valence-corrected chi connectivity index (χ0v) is 10.1. The number of benzene rings is 1. The molecule has 0 saturated carbocycles. The maximum atomic E-state index is 11.0. The molecule has 0 saturated heterocycles. The first-order chi connectivity index (χ1) is 8.52. The number of hydrogen-bond acceptors (Lipinski definition) is 4. The lowest BCUT2D eigenvalue weighted by molar-refractivity contribution is -0.384. The Morgan fingerprint density at radius 3 is 2.50 bits per heavy atom. The summed E-state index contributed by atoms with van der Waals surface area (Å²) < 4.78 is 5.35. The minimum absolute atomic E-state index is 0.0111. The van der Waals surface area contributed by atoms with Crippen LogP contribution in [0.3, 0.4) is 0 Å². The normalized spacial score (nSPS) is 10.6. The summed E-state index contributed by atoms with van der Waals surface area (Å²) in [6.45, 7) is 3.49. The Bertz CT molecular complexity index is 601. The first-order valence-corrected chi connectivity index (χ1v) is 5.48. The monoisotopic (exact) mass is 247 g/mol. The Morgan fingerprint density at radius 2 is 1.94 bits per heavy atom. The van der Waals surface area contributed by atoms with Crippen LogP contribution in [0.4, 0.5) is 5.69 Å². The number of nitrogens with zero attached hydrogens (tertiary/aromatic N) is 1. The molecule has 0 aliphatic rings. The molecule has 1 heterocycles. The van der Waals surface area contributed by atoms with Gasteiger partial charge in [0.25, 0.3) is 5.69 Å². The molecule has 0 spiro atoms. The van der Waals surface area contributed by atoms with Gasteiger partial charge in [0.05, 0.1) is 10.5 Å². The van der Waals surface area contributed by atoms with E-state index < -0.39 is 4.92 Å². The van der Waals surface area contributed by atoms with E-state index >= 15 is 0 Å². The average molecular weight is 247 g/mol. The van der Waals surface area contributed by atoms with Crippen molar-refractivity contribution in [2.45, 2.75) is 20.5 Å². The van der Waals surface area contributed by atoms with E-state index in [-0.39, 0.29) is 12.3 Å². The zero-order chi connectivity index (χ0) is 13.3. The molecule has 5 nitrogen and oxygen atoms in total. The molecule has 5 heteroatoms. The molecule has 1 aromatic carbocycles. The van der Waals surface area contributed by atoms with E-state index in [0.717, 1.165) is 11.1 Å². The molecule has 94 valence electrons. The van der Waals surface area contributed by atoms with Gasteiger partial charge in [-0.15, -0.1) is 0 Å². The van der Waals surface area contributed by atoms with Crippen molar-refractivity contribution in [2.24, 2.45) is 0 Å². The fraction of sp³-hybridized carbons (Fsp3) is 0.231. The van der Waals surface area contributed by atoms with Gasteiger partial charge in [0.2, 0.25) is 0 Å². The molecule has 0 radical (unpaired) electrons. The summed E-state index contributed by atoms with van der Waals surface area (Å²) in [5, 5.41) is 20.0. The highest BCUT2D eigenvalue weighted by Crippen LogP contribution is 2.33. The van der Waals surface area contributed by atoms with Gasteiger partial charge >= 0.3 is 0 Å². The van der Waals surface area contributed by atoms with Crippen LogP contribution in [0.15, 0.2) is 28.7 Å². The minimum Gasteiger partial charge on any atom is -0.458 e. The topological polar surface area (TPSA) is 76.5 Å². The van der Waals surface area contributed by atoms with Crippen LogP contribution >= 0.6 is 0 Å². The van der Waals surface area contributed by atoms with Crippen LogP contribution in [0.2, 0.25) is 0 Å². The van der Waals surface area contributed by atoms with Crippen LogP contribution in [-0.4, -0.2) is 10.0 Å². The van der Waals surface area contributed by atoms with E-state index in [9.17, 15) is 10.1 Å². The first-order valence-electron chi connectivity index (χ1n) is 5.48. The predicted molar refractivity (Wildman–Crippen MR) is 66.2 cm³/mol. The van der Waals surface area contributed by atoms with Crippen LogP contribution in [-0.2, 0) is 6.61 Å². The number of aryl methyl sites for hydroxylation is 2. The predicted octanol–water partition coefficient (Wildman–Crippen LogP) is 2.96. The molecular weight excluding hydrogens is 234 g/mol. The zero-order valence-electron chi connectivity index (χ0n) is 10.1. The smallest absolute Gasteiger partial charge is 0.280 e. The lowest BCUT2D eigenvalue weighted by Gasteiger charge is -2.04. The van der Waals surface area contributed by atoms with Gasteiger partial charge in [-0.1, -0.05) is 0 Å². The largest absolute Gasteiger partial charge is 0.458 e. The van der Waals surface area contributed by atoms with Crippen molar-refractivity contribution in [3.8, 4) is 11.3 Å². The van der Waals surface area contributed by atoms with E-state index in [1.165, 1.54) is 6.07 Å². The molecule has 1 N–H and O–H groups in total. The fourth-order valence-electron chi connectivity index (χ4n) is 1.76. The molecule has 0 bridgehead atoms. The van der Waals surface area contributed by atoms with Crippen molar-refractivity contribution in [3.63, 3.8) is 0 Å². The van der Waals surface area contributed by atoms with E-state index in [1.54, 1.807) is 18.2 Å². The Balaban J connectivity index is 2.61. The molecule has 0 amide bonds. The fourth-order valence-corrected chi connectivity index (χ4v) is 1.76. The van der Waals surface area contributed by atoms with Crippen molar-refractivity contribution in [1.82, 2.24) is 0 Å². The number of nitro groups is 1. The van der Waals surface area contributed by atoms with Crippen molar-refractivity contribution >= 4 is 5.69 Å². The summed E-state index contributed by atoms with van der Waals surface area (Å²) >= 11 is 0. The van der Waals surface area contributed by atoms with Gasteiger partial charge < -0.3 is 9.52 Å². The Kier molecular flexibility index (Phi) is 3.16. The van der Waals surface area contributed by atoms with Crippen LogP contribution in [0, 0.1) is 24.0 Å². The molecule has 1 aromatic heterocycles. The second kappa shape index (κ2) is 4.62. The molecule has 2 rings (SSSR count). The summed E-state index contributed by atoms with van der Waals surface area (Å²) in [5.41, 5.74) is 2.26. The van der Waals surface area contributed by atoms with E-state index in [4.69, 9.17) is 9.52 Å². The molecule has 0 aliphatic heterocycles. The quantitative estimate of drug-likeness (QED) is 0.668. The van der Waals surface area contributed by atoms with Crippen molar-refractivity contribution in [1.29, 1.82) is 0 Å². The molecule has 0 unspecified atom stereocenters. The number of aliphatic hydroxyl groups excluding tert-OH is 1. The number of nitro benzene ring substituents is 1. The Hall–Kier alpha value is -2.14. The van der Waals surface area contributed by atoms with Gasteiger partial charge in [-0.25, -0.2) is 0 Å². The number of furan rings is 1. The van der Waals surface area contributed by atoms with Gasteiger partial charge in [-0.2, -0.15) is 0 Å². The van der Waals surface area contributed by atoms with Gasteiger partial charge in [0, 0.05) is 6.07 Å². The second-order valence-electron chi connectivity index (χ2n) is 4.13.